The van der Waals surface area contributed by atoms with Crippen LogP contribution in [-0.2, 0) is 6.42 Å². The third-order valence-electron chi connectivity index (χ3n) is 4.65. The zero-order valence-corrected chi connectivity index (χ0v) is 13.3. The van der Waals surface area contributed by atoms with Crippen molar-refractivity contribution in [2.24, 2.45) is 0 Å². The van der Waals surface area contributed by atoms with Gasteiger partial charge in [-0.05, 0) is 30.5 Å². The van der Waals surface area contributed by atoms with Crippen LogP contribution in [0.2, 0.25) is 10.4 Å². The van der Waals surface area contributed by atoms with E-state index in [0.29, 0.717) is 18.4 Å². The highest BCUT2D eigenvalue weighted by molar-refractivity contribution is 6.33. The lowest BCUT2D eigenvalue weighted by Gasteiger charge is -2.35. The lowest BCUT2D eigenvalue weighted by Crippen LogP contribution is -2.49. The number of fused-ring (bicyclic) bond motifs is 2. The largest absolute Gasteiger partial charge is 0.478 e. The molecule has 1 aromatic heterocycles. The van der Waals surface area contributed by atoms with Gasteiger partial charge in [0, 0.05) is 17.0 Å². The van der Waals surface area contributed by atoms with Crippen LogP contribution in [0.15, 0.2) is 24.3 Å². The fourth-order valence-corrected chi connectivity index (χ4v) is 3.92. The van der Waals surface area contributed by atoms with E-state index in [0.717, 1.165) is 11.3 Å². The second-order valence-electron chi connectivity index (χ2n) is 5.69. The molecule has 1 aliphatic carbocycles. The van der Waals surface area contributed by atoms with Crippen molar-refractivity contribution in [1.29, 1.82) is 0 Å². The molecule has 0 radical (unpaired) electrons. The number of carbonyl (C=O) groups is 1. The van der Waals surface area contributed by atoms with Gasteiger partial charge in [-0.1, -0.05) is 36.7 Å². The molecule has 1 aromatic carbocycles. The number of nitrogens with zero attached hydrogens (tertiary/aromatic N) is 2. The molecule has 0 fully saturated rings. The number of aromatic nitrogens is 2. The highest BCUT2D eigenvalue weighted by Gasteiger charge is 2.55. The minimum atomic E-state index is -0.919. The first-order chi connectivity index (χ1) is 10.5. The molecule has 112 valence electrons. The summed E-state index contributed by atoms with van der Waals surface area (Å²) in [4.78, 5) is 21.1. The van der Waals surface area contributed by atoms with Gasteiger partial charge in [-0.15, -0.1) is 0 Å². The maximum atomic E-state index is 13.1. The van der Waals surface area contributed by atoms with Crippen molar-refractivity contribution < 1.29 is 9.53 Å². The second kappa shape index (κ2) is 4.67. The number of para-hydroxylation sites is 1. The molecule has 0 N–H and O–H groups in total. The summed E-state index contributed by atoms with van der Waals surface area (Å²) in [5.74, 6) is 0.554. The molecule has 2 atom stereocenters. The quantitative estimate of drug-likeness (QED) is 0.542. The summed E-state index contributed by atoms with van der Waals surface area (Å²) in [6.45, 7) is 2.01. The Kier molecular flexibility index (Phi) is 2.97. The number of Topliss-reactive ketones (excluding diaryl/α,β-unsaturated/α-hetero) is 1. The molecular weight excluding hydrogens is 323 g/mol. The molecule has 4 rings (SSSR count). The molecule has 0 saturated carbocycles. The van der Waals surface area contributed by atoms with Gasteiger partial charge >= 0.3 is 0 Å². The number of hydrogen-bond donors (Lipinski definition) is 0. The van der Waals surface area contributed by atoms with Gasteiger partial charge in [-0.25, -0.2) is 9.97 Å². The molecule has 1 aliphatic heterocycles. The average Bonchev–Trinajstić information content (AvgIpc) is 2.78. The maximum absolute atomic E-state index is 13.1. The SMILES string of the molecule is CC1c2ccccc2OC12CCc1c(Cl)nc(Cl)nc1C2=O. The van der Waals surface area contributed by atoms with Crippen LogP contribution < -0.4 is 4.74 Å². The van der Waals surface area contributed by atoms with Gasteiger partial charge in [-0.2, -0.15) is 0 Å². The van der Waals surface area contributed by atoms with Crippen molar-refractivity contribution >= 4 is 29.0 Å². The van der Waals surface area contributed by atoms with Crippen LogP contribution in [0.25, 0.3) is 0 Å². The Morgan fingerprint density at radius 1 is 1.27 bits per heavy atom. The van der Waals surface area contributed by atoms with Gasteiger partial charge in [0.05, 0.1) is 0 Å². The standard InChI is InChI=1S/C16H12Cl2N2O2/c1-8-9-4-2-3-5-11(9)22-16(8)7-6-10-12(13(16)21)19-15(18)20-14(10)17/h2-5,8H,6-7H2,1H3. The summed E-state index contributed by atoms with van der Waals surface area (Å²) < 4.78 is 6.10. The summed E-state index contributed by atoms with van der Waals surface area (Å²) in [7, 11) is 0. The predicted octanol–water partition coefficient (Wildman–Crippen LogP) is 3.85. The molecule has 6 heteroatoms. The maximum Gasteiger partial charge on any atom is 0.225 e. The van der Waals surface area contributed by atoms with E-state index in [9.17, 15) is 4.79 Å². The third kappa shape index (κ3) is 1.74. The molecule has 1 spiro atoms. The van der Waals surface area contributed by atoms with Gasteiger partial charge < -0.3 is 4.74 Å². The second-order valence-corrected chi connectivity index (χ2v) is 6.39. The molecule has 22 heavy (non-hydrogen) atoms. The highest BCUT2D eigenvalue weighted by Crippen LogP contribution is 2.50. The molecular formula is C16H12Cl2N2O2. The highest BCUT2D eigenvalue weighted by atomic mass is 35.5. The van der Waals surface area contributed by atoms with Crippen molar-refractivity contribution in [3.63, 3.8) is 0 Å². The van der Waals surface area contributed by atoms with Crippen LogP contribution in [0.3, 0.4) is 0 Å². The van der Waals surface area contributed by atoms with E-state index in [4.69, 9.17) is 27.9 Å². The molecule has 4 nitrogen and oxygen atoms in total. The van der Waals surface area contributed by atoms with Crippen LogP contribution in [-0.4, -0.2) is 21.4 Å². The summed E-state index contributed by atoms with van der Waals surface area (Å²) in [5.41, 5.74) is 1.08. The molecule has 2 heterocycles. The van der Waals surface area contributed by atoms with Gasteiger partial charge in [0.1, 0.15) is 16.6 Å². The van der Waals surface area contributed by atoms with Gasteiger partial charge in [-0.3, -0.25) is 4.79 Å². The number of benzene rings is 1. The van der Waals surface area contributed by atoms with Crippen molar-refractivity contribution in [2.75, 3.05) is 0 Å². The van der Waals surface area contributed by atoms with Crippen molar-refractivity contribution in [1.82, 2.24) is 9.97 Å². The van der Waals surface area contributed by atoms with E-state index >= 15 is 0 Å². The first-order valence-corrected chi connectivity index (χ1v) is 7.83. The lowest BCUT2D eigenvalue weighted by molar-refractivity contribution is 0.0389. The van der Waals surface area contributed by atoms with Crippen LogP contribution >= 0.6 is 23.2 Å². The Labute approximate surface area is 137 Å². The van der Waals surface area contributed by atoms with Crippen LogP contribution in [0, 0.1) is 0 Å². The first kappa shape index (κ1) is 14.0. The average molecular weight is 335 g/mol. The predicted molar refractivity (Wildman–Crippen MR) is 82.9 cm³/mol. The van der Waals surface area contributed by atoms with E-state index in [1.807, 2.05) is 31.2 Å². The molecule has 0 saturated heterocycles. The van der Waals surface area contributed by atoms with Crippen molar-refractivity contribution in [3.05, 3.63) is 51.5 Å². The van der Waals surface area contributed by atoms with Gasteiger partial charge in [0.25, 0.3) is 0 Å². The summed E-state index contributed by atoms with van der Waals surface area (Å²) in [6, 6.07) is 7.75. The topological polar surface area (TPSA) is 52.1 Å². The Bertz CT molecular complexity index is 809. The number of carbonyl (C=O) groups excluding carboxylic acids is 1. The van der Waals surface area contributed by atoms with Gasteiger partial charge in [0.2, 0.25) is 11.1 Å². The van der Waals surface area contributed by atoms with Gasteiger partial charge in [0.15, 0.2) is 5.60 Å². The van der Waals surface area contributed by atoms with Crippen molar-refractivity contribution in [3.8, 4) is 5.75 Å². The molecule has 2 unspecified atom stereocenters. The minimum absolute atomic E-state index is 0.0164. The molecule has 0 bridgehead atoms. The Morgan fingerprint density at radius 2 is 2.05 bits per heavy atom. The number of halogens is 2. The molecule has 2 aromatic rings. The Balaban J connectivity index is 1.85. The van der Waals surface area contributed by atoms with E-state index in [-0.39, 0.29) is 27.8 Å². The van der Waals surface area contributed by atoms with Crippen LogP contribution in [0.4, 0.5) is 0 Å². The lowest BCUT2D eigenvalue weighted by atomic mass is 9.73. The van der Waals surface area contributed by atoms with E-state index in [2.05, 4.69) is 9.97 Å². The minimum Gasteiger partial charge on any atom is -0.478 e. The number of rotatable bonds is 0. The number of hydrogen-bond acceptors (Lipinski definition) is 4. The Hall–Kier alpha value is -1.65. The number of ether oxygens (including phenoxy) is 1. The van der Waals surface area contributed by atoms with E-state index in [1.54, 1.807) is 0 Å². The normalized spacial score (nSPS) is 25.8. The summed E-state index contributed by atoms with van der Waals surface area (Å²) >= 11 is 12.0. The monoisotopic (exact) mass is 334 g/mol. The smallest absolute Gasteiger partial charge is 0.225 e. The summed E-state index contributed by atoms with van der Waals surface area (Å²) in [6.07, 6.45) is 1.15. The first-order valence-electron chi connectivity index (χ1n) is 7.07. The van der Waals surface area contributed by atoms with Crippen LogP contribution in [0.1, 0.15) is 40.9 Å². The fourth-order valence-electron chi connectivity index (χ4n) is 3.44. The zero-order chi connectivity index (χ0) is 15.5. The third-order valence-corrected chi connectivity index (χ3v) is 5.13. The summed E-state index contributed by atoms with van der Waals surface area (Å²) in [5, 5.41) is 0.235. The van der Waals surface area contributed by atoms with Crippen molar-refractivity contribution in [2.45, 2.75) is 31.3 Å². The zero-order valence-electron chi connectivity index (χ0n) is 11.8. The molecule has 0 amide bonds. The number of ketones is 1. The fraction of sp³-hybridized carbons (Fsp3) is 0.312. The van der Waals surface area contributed by atoms with E-state index in [1.165, 1.54) is 0 Å². The Morgan fingerprint density at radius 3 is 2.82 bits per heavy atom. The van der Waals surface area contributed by atoms with E-state index < -0.39 is 5.60 Å². The van der Waals surface area contributed by atoms with Crippen LogP contribution in [0.5, 0.6) is 5.75 Å². The molecule has 2 aliphatic rings.